The van der Waals surface area contributed by atoms with Crippen molar-refractivity contribution in [1.29, 1.82) is 0 Å². The summed E-state index contributed by atoms with van der Waals surface area (Å²) in [7, 11) is -3.53. The zero-order valence-electron chi connectivity index (χ0n) is 15.1. The van der Waals surface area contributed by atoms with Gasteiger partial charge in [-0.05, 0) is 24.3 Å². The van der Waals surface area contributed by atoms with E-state index in [1.54, 1.807) is 50.2 Å². The average Bonchev–Trinajstić information content (AvgIpc) is 2.92. The highest BCUT2D eigenvalue weighted by molar-refractivity contribution is 7.89. The zero-order chi connectivity index (χ0) is 19.6. The second kappa shape index (κ2) is 7.59. The highest BCUT2D eigenvalue weighted by Gasteiger charge is 2.38. The van der Waals surface area contributed by atoms with Gasteiger partial charge in [-0.25, -0.2) is 13.8 Å². The summed E-state index contributed by atoms with van der Waals surface area (Å²) >= 11 is 0. The Balaban J connectivity index is 1.70. The van der Waals surface area contributed by atoms with Crippen LogP contribution in [-0.2, 0) is 10.0 Å². The number of ketones is 2. The fourth-order valence-electron chi connectivity index (χ4n) is 3.05. The lowest BCUT2D eigenvalue weighted by Gasteiger charge is -2.19. The Bertz CT molecular complexity index is 932. The van der Waals surface area contributed by atoms with Gasteiger partial charge in [0.15, 0.2) is 17.6 Å². The van der Waals surface area contributed by atoms with Crippen LogP contribution in [0.25, 0.3) is 0 Å². The first-order valence-corrected chi connectivity index (χ1v) is 10.1. The molecule has 0 unspecified atom stereocenters. The number of rotatable bonds is 7. The molecular weight excluding hydrogens is 366 g/mol. The Morgan fingerprint density at radius 2 is 1.41 bits per heavy atom. The van der Waals surface area contributed by atoms with E-state index < -0.39 is 16.1 Å². The molecule has 8 heteroatoms. The van der Waals surface area contributed by atoms with Gasteiger partial charge in [0, 0.05) is 29.9 Å². The third kappa shape index (κ3) is 3.51. The maximum Gasteiger partial charge on any atom is 0.243 e. The summed E-state index contributed by atoms with van der Waals surface area (Å²) in [5.74, 6) is -0.576. The molecule has 3 rings (SSSR count). The summed E-state index contributed by atoms with van der Waals surface area (Å²) in [6.07, 6.45) is 0. The molecule has 0 heterocycles. The van der Waals surface area contributed by atoms with Crippen LogP contribution in [0.1, 0.15) is 34.6 Å². The highest BCUT2D eigenvalue weighted by Crippen LogP contribution is 2.22. The Morgan fingerprint density at radius 3 is 1.89 bits per heavy atom. The number of fused-ring (bicyclic) bond motifs is 1. The van der Waals surface area contributed by atoms with Crippen molar-refractivity contribution in [2.75, 3.05) is 18.5 Å². The van der Waals surface area contributed by atoms with Crippen LogP contribution in [0.4, 0.5) is 5.69 Å². The average molecular weight is 387 g/mol. The van der Waals surface area contributed by atoms with Gasteiger partial charge in [-0.2, -0.15) is 4.31 Å². The minimum Gasteiger partial charge on any atom is -0.320 e. The molecule has 0 aliphatic heterocycles. The number of nitrogens with one attached hydrogen (secondary N) is 2. The van der Waals surface area contributed by atoms with Crippen molar-refractivity contribution in [3.05, 3.63) is 59.7 Å². The third-order valence-electron chi connectivity index (χ3n) is 4.54. The molecule has 0 saturated heterocycles. The third-order valence-corrected chi connectivity index (χ3v) is 6.60. The number of benzene rings is 2. The summed E-state index contributed by atoms with van der Waals surface area (Å²) < 4.78 is 26.3. The van der Waals surface area contributed by atoms with E-state index in [0.717, 1.165) is 0 Å². The van der Waals surface area contributed by atoms with Crippen molar-refractivity contribution in [3.8, 4) is 0 Å². The minimum absolute atomic E-state index is 0.192. The predicted molar refractivity (Wildman–Crippen MR) is 102 cm³/mol. The maximum atomic E-state index is 12.5. The second-order valence-electron chi connectivity index (χ2n) is 6.09. The van der Waals surface area contributed by atoms with Crippen LogP contribution in [0.3, 0.4) is 0 Å². The number of sulfonamides is 1. The van der Waals surface area contributed by atoms with Crippen molar-refractivity contribution < 1.29 is 18.0 Å². The van der Waals surface area contributed by atoms with Gasteiger partial charge in [-0.3, -0.25) is 9.59 Å². The summed E-state index contributed by atoms with van der Waals surface area (Å²) in [4.78, 5) is 24.9. The molecule has 2 aromatic carbocycles. The first-order valence-electron chi connectivity index (χ1n) is 8.69. The van der Waals surface area contributed by atoms with E-state index in [2.05, 4.69) is 10.9 Å². The smallest absolute Gasteiger partial charge is 0.243 e. The number of Topliss-reactive ketones (excluding diaryl/α,β-unsaturated/α-hetero) is 2. The Morgan fingerprint density at radius 1 is 0.889 bits per heavy atom. The molecule has 142 valence electrons. The molecule has 0 radical (unpaired) electrons. The summed E-state index contributed by atoms with van der Waals surface area (Å²) in [5, 5.41) is 0. The topological polar surface area (TPSA) is 95.6 Å². The summed E-state index contributed by atoms with van der Waals surface area (Å²) in [5.41, 5.74) is 6.91. The number of anilines is 1. The van der Waals surface area contributed by atoms with Gasteiger partial charge in [-0.1, -0.05) is 38.1 Å². The number of hydrogen-bond donors (Lipinski definition) is 2. The number of nitrogens with zero attached hydrogens (tertiary/aromatic N) is 1. The molecule has 0 amide bonds. The number of carbonyl (C=O) groups is 2. The fourth-order valence-corrected chi connectivity index (χ4v) is 4.51. The normalized spacial score (nSPS) is 14.6. The fraction of sp³-hybridized carbons (Fsp3) is 0.263. The monoisotopic (exact) mass is 387 g/mol. The Labute approximate surface area is 158 Å². The highest BCUT2D eigenvalue weighted by atomic mass is 32.2. The van der Waals surface area contributed by atoms with E-state index in [9.17, 15) is 18.0 Å². The van der Waals surface area contributed by atoms with E-state index in [1.807, 2.05) is 0 Å². The molecule has 0 atom stereocenters. The lowest BCUT2D eigenvalue weighted by atomic mass is 10.1. The van der Waals surface area contributed by atoms with Gasteiger partial charge < -0.3 is 5.43 Å². The molecule has 7 nitrogen and oxygen atoms in total. The van der Waals surface area contributed by atoms with Crippen molar-refractivity contribution in [2.45, 2.75) is 24.8 Å². The van der Waals surface area contributed by atoms with E-state index in [1.165, 1.54) is 16.4 Å². The lowest BCUT2D eigenvalue weighted by Crippen LogP contribution is -2.42. The standard InChI is InChI=1S/C19H21N3O4S/c1-3-22(4-2)27(25,26)14-11-9-13(10-12-14)20-21-17-18(23)15-7-5-6-8-16(15)19(17)24/h5-12,17,20-21H,3-4H2,1-2H3. The van der Waals surface area contributed by atoms with Crippen molar-refractivity contribution in [2.24, 2.45) is 0 Å². The molecule has 0 bridgehead atoms. The van der Waals surface area contributed by atoms with Crippen molar-refractivity contribution >= 4 is 27.3 Å². The molecule has 0 aromatic heterocycles. The van der Waals surface area contributed by atoms with E-state index in [4.69, 9.17) is 0 Å². The Hall–Kier alpha value is -2.55. The largest absolute Gasteiger partial charge is 0.320 e. The van der Waals surface area contributed by atoms with Crippen LogP contribution in [0.2, 0.25) is 0 Å². The maximum absolute atomic E-state index is 12.5. The summed E-state index contributed by atoms with van der Waals surface area (Å²) in [6, 6.07) is 11.8. The molecule has 1 aliphatic carbocycles. The van der Waals surface area contributed by atoms with E-state index >= 15 is 0 Å². The number of hydrazine groups is 1. The van der Waals surface area contributed by atoms with Crippen LogP contribution in [0, 0.1) is 0 Å². The van der Waals surface area contributed by atoms with E-state index in [-0.39, 0.29) is 16.5 Å². The van der Waals surface area contributed by atoms with Crippen LogP contribution in [-0.4, -0.2) is 43.4 Å². The van der Waals surface area contributed by atoms with Gasteiger partial charge in [-0.15, -0.1) is 0 Å². The van der Waals surface area contributed by atoms with Crippen molar-refractivity contribution in [3.63, 3.8) is 0 Å². The van der Waals surface area contributed by atoms with Crippen molar-refractivity contribution in [1.82, 2.24) is 9.73 Å². The first-order chi connectivity index (χ1) is 12.9. The molecule has 0 spiro atoms. The van der Waals surface area contributed by atoms with Gasteiger partial charge in [0.2, 0.25) is 10.0 Å². The van der Waals surface area contributed by atoms with Gasteiger partial charge in [0.1, 0.15) is 0 Å². The van der Waals surface area contributed by atoms with Gasteiger partial charge in [0.25, 0.3) is 0 Å². The number of carbonyl (C=O) groups excluding carboxylic acids is 2. The molecule has 2 aromatic rings. The molecule has 27 heavy (non-hydrogen) atoms. The number of hydrogen-bond acceptors (Lipinski definition) is 6. The zero-order valence-corrected chi connectivity index (χ0v) is 15.9. The predicted octanol–water partition coefficient (Wildman–Crippen LogP) is 2.08. The Kier molecular flexibility index (Phi) is 5.41. The quantitative estimate of drug-likeness (QED) is 0.558. The van der Waals surface area contributed by atoms with Crippen LogP contribution in [0.5, 0.6) is 0 Å². The molecule has 2 N–H and O–H groups in total. The minimum atomic E-state index is -3.53. The molecule has 1 aliphatic rings. The molecule has 0 fully saturated rings. The van der Waals surface area contributed by atoms with Gasteiger partial charge >= 0.3 is 0 Å². The van der Waals surface area contributed by atoms with E-state index in [0.29, 0.717) is 29.9 Å². The lowest BCUT2D eigenvalue weighted by molar-refractivity contribution is 0.0874. The van der Waals surface area contributed by atoms with Crippen LogP contribution >= 0.6 is 0 Å². The molecule has 0 saturated carbocycles. The summed E-state index contributed by atoms with van der Waals surface area (Å²) in [6.45, 7) is 4.36. The van der Waals surface area contributed by atoms with Gasteiger partial charge in [0.05, 0.1) is 4.90 Å². The SMILES string of the molecule is CCN(CC)S(=O)(=O)c1ccc(NNC2C(=O)c3ccccc3C2=O)cc1. The second-order valence-corrected chi connectivity index (χ2v) is 8.03. The first kappa shape index (κ1) is 19.2. The van der Waals surface area contributed by atoms with Crippen LogP contribution < -0.4 is 10.9 Å². The van der Waals surface area contributed by atoms with Crippen LogP contribution in [0.15, 0.2) is 53.4 Å². The molecular formula is C19H21N3O4S.